The van der Waals surface area contributed by atoms with Gasteiger partial charge in [-0.15, -0.1) is 0 Å². The summed E-state index contributed by atoms with van der Waals surface area (Å²) < 4.78 is 5.12. The Balaban J connectivity index is 2.50. The highest BCUT2D eigenvalue weighted by Gasteiger charge is 2.10. The van der Waals surface area contributed by atoms with Crippen LogP contribution in [-0.4, -0.2) is 16.7 Å². The molecule has 0 saturated carbocycles. The molecule has 4 heteroatoms. The van der Waals surface area contributed by atoms with Gasteiger partial charge in [0.1, 0.15) is 0 Å². The monoisotopic (exact) mass is 197 g/mol. The first kappa shape index (κ1) is 11.2. The number of hydrogen-bond acceptors (Lipinski definition) is 4. The van der Waals surface area contributed by atoms with Crippen LogP contribution in [-0.2, 0) is 12.8 Å². The minimum absolute atomic E-state index is 0.405. The van der Waals surface area contributed by atoms with Gasteiger partial charge in [-0.2, -0.15) is 4.98 Å². The Labute approximate surface area is 84.9 Å². The summed E-state index contributed by atoms with van der Waals surface area (Å²) in [5.41, 5.74) is 5.52. The van der Waals surface area contributed by atoms with Crippen molar-refractivity contribution in [2.75, 3.05) is 6.54 Å². The van der Waals surface area contributed by atoms with Crippen molar-refractivity contribution in [1.29, 1.82) is 0 Å². The quantitative estimate of drug-likeness (QED) is 0.775. The summed E-state index contributed by atoms with van der Waals surface area (Å²) in [4.78, 5) is 4.30. The van der Waals surface area contributed by atoms with Gasteiger partial charge in [-0.1, -0.05) is 25.9 Å². The lowest BCUT2D eigenvalue weighted by molar-refractivity contribution is 0.354. The van der Waals surface area contributed by atoms with E-state index < -0.39 is 0 Å². The molecule has 4 nitrogen and oxygen atoms in total. The van der Waals surface area contributed by atoms with Gasteiger partial charge in [0.2, 0.25) is 5.89 Å². The van der Waals surface area contributed by atoms with Gasteiger partial charge in [0, 0.05) is 12.8 Å². The first-order valence-electron chi connectivity index (χ1n) is 5.13. The fraction of sp³-hybridized carbons (Fsp3) is 0.800. The summed E-state index contributed by atoms with van der Waals surface area (Å²) in [6.07, 6.45) is 1.65. The molecule has 0 aliphatic rings. The molecule has 0 aliphatic heterocycles. The zero-order chi connectivity index (χ0) is 10.6. The second kappa shape index (κ2) is 5.10. The van der Waals surface area contributed by atoms with Crippen molar-refractivity contribution in [3.63, 3.8) is 0 Å². The fourth-order valence-electron chi connectivity index (χ4n) is 1.20. The molecule has 1 unspecified atom stereocenters. The predicted molar refractivity (Wildman–Crippen MR) is 54.8 cm³/mol. The third-order valence-corrected chi connectivity index (χ3v) is 2.03. The van der Waals surface area contributed by atoms with Gasteiger partial charge < -0.3 is 10.3 Å². The van der Waals surface area contributed by atoms with Crippen LogP contribution in [0.5, 0.6) is 0 Å². The fourth-order valence-corrected chi connectivity index (χ4v) is 1.20. The molecule has 14 heavy (non-hydrogen) atoms. The van der Waals surface area contributed by atoms with Crippen LogP contribution in [0, 0.1) is 11.8 Å². The maximum atomic E-state index is 5.52. The van der Waals surface area contributed by atoms with Gasteiger partial charge >= 0.3 is 0 Å². The standard InChI is InChI=1S/C10H19N3O/c1-7(2)4-9-12-10(14-13-9)5-8(3)6-11/h7-8H,4-6,11H2,1-3H3. The molecule has 0 saturated heterocycles. The van der Waals surface area contributed by atoms with Gasteiger partial charge in [0.05, 0.1) is 0 Å². The first-order chi connectivity index (χ1) is 6.61. The molecule has 0 radical (unpaired) electrons. The van der Waals surface area contributed by atoms with Crippen LogP contribution in [0.1, 0.15) is 32.5 Å². The van der Waals surface area contributed by atoms with Gasteiger partial charge in [-0.3, -0.25) is 0 Å². The van der Waals surface area contributed by atoms with E-state index >= 15 is 0 Å². The average Bonchev–Trinajstić information content (AvgIpc) is 2.51. The van der Waals surface area contributed by atoms with Gasteiger partial charge in [0.15, 0.2) is 5.82 Å². The Bertz CT molecular complexity index is 270. The molecule has 0 aliphatic carbocycles. The number of rotatable bonds is 5. The minimum Gasteiger partial charge on any atom is -0.339 e. The van der Waals surface area contributed by atoms with Crippen molar-refractivity contribution in [3.8, 4) is 0 Å². The van der Waals surface area contributed by atoms with Crippen LogP contribution in [0.2, 0.25) is 0 Å². The van der Waals surface area contributed by atoms with Crippen LogP contribution < -0.4 is 5.73 Å². The molecule has 1 atom stereocenters. The van der Waals surface area contributed by atoms with E-state index in [4.69, 9.17) is 10.3 Å². The predicted octanol–water partition coefficient (Wildman–Crippen LogP) is 1.41. The van der Waals surface area contributed by atoms with Crippen molar-refractivity contribution >= 4 is 0 Å². The minimum atomic E-state index is 0.405. The lowest BCUT2D eigenvalue weighted by Crippen LogP contribution is -2.13. The molecule has 1 heterocycles. The largest absolute Gasteiger partial charge is 0.339 e. The normalized spacial score (nSPS) is 13.5. The maximum Gasteiger partial charge on any atom is 0.226 e. The third-order valence-electron chi connectivity index (χ3n) is 2.03. The number of nitrogens with zero attached hydrogens (tertiary/aromatic N) is 2. The summed E-state index contributed by atoms with van der Waals surface area (Å²) in [6.45, 7) is 7.01. The zero-order valence-electron chi connectivity index (χ0n) is 9.16. The summed E-state index contributed by atoms with van der Waals surface area (Å²) >= 11 is 0. The Morgan fingerprint density at radius 2 is 2.00 bits per heavy atom. The lowest BCUT2D eigenvalue weighted by Gasteiger charge is -2.02. The Hall–Kier alpha value is -0.900. The zero-order valence-corrected chi connectivity index (χ0v) is 9.16. The van der Waals surface area contributed by atoms with Crippen LogP contribution in [0.3, 0.4) is 0 Å². The Kier molecular flexibility index (Phi) is 4.07. The molecule has 0 aromatic carbocycles. The molecule has 1 aromatic heterocycles. The highest BCUT2D eigenvalue weighted by Crippen LogP contribution is 2.08. The van der Waals surface area contributed by atoms with Crippen LogP contribution in [0.25, 0.3) is 0 Å². The highest BCUT2D eigenvalue weighted by atomic mass is 16.5. The Morgan fingerprint density at radius 3 is 2.57 bits per heavy atom. The summed E-state index contributed by atoms with van der Waals surface area (Å²) in [5.74, 6) is 2.48. The molecular formula is C10H19N3O. The average molecular weight is 197 g/mol. The van der Waals surface area contributed by atoms with Crippen LogP contribution >= 0.6 is 0 Å². The lowest BCUT2D eigenvalue weighted by atomic mass is 10.1. The second-order valence-electron chi connectivity index (χ2n) is 4.25. The third kappa shape index (κ3) is 3.46. The summed E-state index contributed by atoms with van der Waals surface area (Å²) in [7, 11) is 0. The topological polar surface area (TPSA) is 64.9 Å². The van der Waals surface area contributed by atoms with E-state index in [2.05, 4.69) is 30.9 Å². The van der Waals surface area contributed by atoms with Gasteiger partial charge in [-0.05, 0) is 18.4 Å². The molecule has 0 spiro atoms. The van der Waals surface area contributed by atoms with Crippen LogP contribution in [0.4, 0.5) is 0 Å². The van der Waals surface area contributed by atoms with E-state index in [9.17, 15) is 0 Å². The van der Waals surface area contributed by atoms with E-state index in [1.54, 1.807) is 0 Å². The molecule has 80 valence electrons. The van der Waals surface area contributed by atoms with Gasteiger partial charge in [-0.25, -0.2) is 0 Å². The second-order valence-corrected chi connectivity index (χ2v) is 4.25. The molecule has 1 aromatic rings. The highest BCUT2D eigenvalue weighted by molar-refractivity contribution is 4.88. The van der Waals surface area contributed by atoms with Crippen molar-refractivity contribution in [1.82, 2.24) is 10.1 Å². The smallest absolute Gasteiger partial charge is 0.226 e. The van der Waals surface area contributed by atoms with E-state index in [0.717, 1.165) is 18.7 Å². The SMILES string of the molecule is CC(C)Cc1noc(CC(C)CN)n1. The molecule has 0 bridgehead atoms. The van der Waals surface area contributed by atoms with Crippen molar-refractivity contribution < 1.29 is 4.52 Å². The van der Waals surface area contributed by atoms with Crippen LogP contribution in [0.15, 0.2) is 4.52 Å². The Morgan fingerprint density at radius 1 is 1.29 bits per heavy atom. The number of nitrogens with two attached hydrogens (primary N) is 1. The van der Waals surface area contributed by atoms with Gasteiger partial charge in [0.25, 0.3) is 0 Å². The number of aromatic nitrogens is 2. The van der Waals surface area contributed by atoms with E-state index in [1.165, 1.54) is 0 Å². The summed E-state index contributed by atoms with van der Waals surface area (Å²) in [6, 6.07) is 0. The van der Waals surface area contributed by atoms with Crippen molar-refractivity contribution in [2.24, 2.45) is 17.6 Å². The van der Waals surface area contributed by atoms with Crippen molar-refractivity contribution in [3.05, 3.63) is 11.7 Å². The van der Waals surface area contributed by atoms with Crippen molar-refractivity contribution in [2.45, 2.75) is 33.6 Å². The molecule has 2 N–H and O–H groups in total. The molecular weight excluding hydrogens is 178 g/mol. The molecule has 0 amide bonds. The molecule has 0 fully saturated rings. The first-order valence-corrected chi connectivity index (χ1v) is 5.13. The molecule has 1 rings (SSSR count). The van der Waals surface area contributed by atoms with E-state index in [-0.39, 0.29) is 0 Å². The van der Waals surface area contributed by atoms with E-state index in [1.807, 2.05) is 0 Å². The van der Waals surface area contributed by atoms with E-state index in [0.29, 0.717) is 24.3 Å². The summed E-state index contributed by atoms with van der Waals surface area (Å²) in [5, 5.41) is 3.92. The maximum absolute atomic E-state index is 5.52. The number of hydrogen-bond donors (Lipinski definition) is 1.